The molecule has 1 aromatic rings. The lowest BCUT2D eigenvalue weighted by Crippen LogP contribution is -2.58. The highest BCUT2D eigenvalue weighted by Crippen LogP contribution is 2.38. The van der Waals surface area contributed by atoms with Crippen molar-refractivity contribution in [2.24, 2.45) is 0 Å². The van der Waals surface area contributed by atoms with Crippen molar-refractivity contribution in [3.63, 3.8) is 0 Å². The molecule has 0 amide bonds. The summed E-state index contributed by atoms with van der Waals surface area (Å²) in [5.74, 6) is 0.616. The maximum atomic E-state index is 9.44. The number of aliphatic hydroxyl groups is 2. The highest BCUT2D eigenvalue weighted by atomic mass is 16.3. The number of rotatable bonds is 6. The molecule has 0 spiro atoms. The van der Waals surface area contributed by atoms with Gasteiger partial charge in [0.1, 0.15) is 0 Å². The fraction of sp³-hybridized carbons (Fsp3) is 0.625. The number of benzene rings is 1. The van der Waals surface area contributed by atoms with Gasteiger partial charge in [0.2, 0.25) is 0 Å². The van der Waals surface area contributed by atoms with Crippen LogP contribution in [0.2, 0.25) is 0 Å². The first-order chi connectivity index (χ1) is 9.12. The summed E-state index contributed by atoms with van der Waals surface area (Å²) >= 11 is 0. The molecule has 3 heteroatoms. The van der Waals surface area contributed by atoms with Gasteiger partial charge in [-0.25, -0.2) is 0 Å². The first-order valence-electron chi connectivity index (χ1n) is 7.18. The van der Waals surface area contributed by atoms with Crippen molar-refractivity contribution in [3.8, 4) is 0 Å². The lowest BCUT2D eigenvalue weighted by atomic mass is 9.74. The van der Waals surface area contributed by atoms with Gasteiger partial charge in [0.25, 0.3) is 0 Å². The molecular formula is C16H25NO2. The van der Waals surface area contributed by atoms with Gasteiger partial charge in [0.15, 0.2) is 0 Å². The molecule has 1 aromatic carbocycles. The Kier molecular flexibility index (Phi) is 4.61. The van der Waals surface area contributed by atoms with Crippen LogP contribution in [0.1, 0.15) is 43.2 Å². The molecule has 3 nitrogen and oxygen atoms in total. The Morgan fingerprint density at radius 3 is 2.21 bits per heavy atom. The van der Waals surface area contributed by atoms with Crippen LogP contribution in [0.15, 0.2) is 24.3 Å². The second kappa shape index (κ2) is 6.04. The van der Waals surface area contributed by atoms with E-state index in [1.54, 1.807) is 0 Å². The van der Waals surface area contributed by atoms with E-state index in [9.17, 15) is 10.2 Å². The zero-order valence-electron chi connectivity index (χ0n) is 11.9. The molecule has 0 aromatic heterocycles. The molecule has 3 N–H and O–H groups in total. The number of aryl methyl sites for hydroxylation is 1. The molecule has 0 unspecified atom stereocenters. The molecule has 1 aliphatic carbocycles. The maximum Gasteiger partial charge on any atom is 0.0647 e. The lowest BCUT2D eigenvalue weighted by Gasteiger charge is -2.43. The topological polar surface area (TPSA) is 52.5 Å². The van der Waals surface area contributed by atoms with Crippen molar-refractivity contribution in [1.82, 2.24) is 5.32 Å². The number of hydrogen-bond acceptors (Lipinski definition) is 3. The molecule has 0 heterocycles. The van der Waals surface area contributed by atoms with Crippen LogP contribution in [0.25, 0.3) is 0 Å². The first kappa shape index (κ1) is 14.5. The fourth-order valence-corrected chi connectivity index (χ4v) is 2.75. The van der Waals surface area contributed by atoms with E-state index in [-0.39, 0.29) is 13.2 Å². The van der Waals surface area contributed by atoms with Gasteiger partial charge in [-0.3, -0.25) is 0 Å². The van der Waals surface area contributed by atoms with E-state index in [1.165, 1.54) is 11.1 Å². The molecule has 19 heavy (non-hydrogen) atoms. The van der Waals surface area contributed by atoms with E-state index in [0.29, 0.717) is 12.0 Å². The normalized spacial score (nSPS) is 23.2. The minimum absolute atomic E-state index is 0.00824. The van der Waals surface area contributed by atoms with Gasteiger partial charge in [0, 0.05) is 6.04 Å². The summed E-state index contributed by atoms with van der Waals surface area (Å²) in [6.45, 7) is 4.08. The zero-order valence-corrected chi connectivity index (χ0v) is 11.9. The van der Waals surface area contributed by atoms with Crippen LogP contribution in [0, 0.1) is 6.92 Å². The third kappa shape index (κ3) is 3.16. The van der Waals surface area contributed by atoms with Gasteiger partial charge in [-0.05, 0) is 37.7 Å². The van der Waals surface area contributed by atoms with Crippen molar-refractivity contribution in [2.75, 3.05) is 13.2 Å². The van der Waals surface area contributed by atoms with Gasteiger partial charge in [-0.1, -0.05) is 36.8 Å². The van der Waals surface area contributed by atoms with Gasteiger partial charge < -0.3 is 15.5 Å². The van der Waals surface area contributed by atoms with Gasteiger partial charge in [-0.2, -0.15) is 0 Å². The summed E-state index contributed by atoms with van der Waals surface area (Å²) < 4.78 is 0. The number of hydrogen-bond donors (Lipinski definition) is 3. The summed E-state index contributed by atoms with van der Waals surface area (Å²) in [5, 5.41) is 22.3. The van der Waals surface area contributed by atoms with E-state index in [0.717, 1.165) is 19.3 Å². The smallest absolute Gasteiger partial charge is 0.0647 e. The van der Waals surface area contributed by atoms with Crippen LogP contribution >= 0.6 is 0 Å². The summed E-state index contributed by atoms with van der Waals surface area (Å²) in [5.41, 5.74) is 2.19. The van der Waals surface area contributed by atoms with E-state index in [1.807, 2.05) is 6.92 Å². The van der Waals surface area contributed by atoms with E-state index in [2.05, 4.69) is 36.5 Å². The number of aliphatic hydroxyl groups excluding tert-OH is 2. The predicted molar refractivity (Wildman–Crippen MR) is 77.3 cm³/mol. The molecule has 0 radical (unpaired) electrons. The molecule has 1 fully saturated rings. The maximum absolute atomic E-state index is 9.44. The minimum atomic E-state index is -0.511. The van der Waals surface area contributed by atoms with Crippen LogP contribution in [0.3, 0.4) is 0 Å². The molecular weight excluding hydrogens is 238 g/mol. The summed E-state index contributed by atoms with van der Waals surface area (Å²) in [4.78, 5) is 0. The molecule has 0 bridgehead atoms. The Labute approximate surface area is 115 Å². The van der Waals surface area contributed by atoms with Gasteiger partial charge >= 0.3 is 0 Å². The van der Waals surface area contributed by atoms with Crippen LogP contribution in [-0.4, -0.2) is 35.0 Å². The van der Waals surface area contributed by atoms with E-state index < -0.39 is 5.54 Å². The van der Waals surface area contributed by atoms with Gasteiger partial charge in [-0.15, -0.1) is 0 Å². The average molecular weight is 263 g/mol. The van der Waals surface area contributed by atoms with Crippen molar-refractivity contribution >= 4 is 0 Å². The van der Waals surface area contributed by atoms with Crippen LogP contribution in [0.5, 0.6) is 0 Å². The first-order valence-corrected chi connectivity index (χ1v) is 7.18. The molecule has 1 saturated carbocycles. The Morgan fingerprint density at radius 1 is 1.16 bits per heavy atom. The molecule has 106 valence electrons. The number of nitrogens with one attached hydrogen (secondary N) is 1. The van der Waals surface area contributed by atoms with Crippen LogP contribution in [0.4, 0.5) is 0 Å². The van der Waals surface area contributed by atoms with Crippen molar-refractivity contribution in [3.05, 3.63) is 35.4 Å². The molecule has 0 aliphatic heterocycles. The quantitative estimate of drug-likeness (QED) is 0.735. The molecule has 2 rings (SSSR count). The van der Waals surface area contributed by atoms with Crippen molar-refractivity contribution in [2.45, 2.75) is 50.6 Å². The summed E-state index contributed by atoms with van der Waals surface area (Å²) in [6, 6.07) is 9.15. The monoisotopic (exact) mass is 263 g/mol. The van der Waals surface area contributed by atoms with Crippen molar-refractivity contribution < 1.29 is 10.2 Å². The third-order valence-corrected chi connectivity index (χ3v) is 4.48. The van der Waals surface area contributed by atoms with Crippen LogP contribution in [-0.2, 0) is 0 Å². The Balaban J connectivity index is 1.87. The SMILES string of the molecule is CCC(CO)(CO)NC1CC(c2ccc(C)cc2)C1. The highest BCUT2D eigenvalue weighted by Gasteiger charge is 2.36. The Morgan fingerprint density at radius 2 is 1.74 bits per heavy atom. The minimum Gasteiger partial charge on any atom is -0.394 e. The van der Waals surface area contributed by atoms with E-state index in [4.69, 9.17) is 0 Å². The fourth-order valence-electron chi connectivity index (χ4n) is 2.75. The molecule has 0 atom stereocenters. The third-order valence-electron chi connectivity index (χ3n) is 4.48. The summed E-state index contributed by atoms with van der Waals surface area (Å²) in [6.07, 6.45) is 2.92. The second-order valence-corrected chi connectivity index (χ2v) is 5.87. The Hall–Kier alpha value is -0.900. The van der Waals surface area contributed by atoms with Crippen LogP contribution < -0.4 is 5.32 Å². The second-order valence-electron chi connectivity index (χ2n) is 5.87. The Bertz CT molecular complexity index is 383. The standard InChI is InChI=1S/C16H25NO2/c1-3-16(10-18,11-19)17-15-8-14(9-15)13-6-4-12(2)5-7-13/h4-7,14-15,17-19H,3,8-11H2,1-2H3. The average Bonchev–Trinajstić information content (AvgIpc) is 2.40. The lowest BCUT2D eigenvalue weighted by molar-refractivity contribution is 0.0627. The summed E-state index contributed by atoms with van der Waals surface area (Å²) in [7, 11) is 0. The predicted octanol–water partition coefficient (Wildman–Crippen LogP) is 1.96. The molecule has 0 saturated heterocycles. The van der Waals surface area contributed by atoms with Gasteiger partial charge in [0.05, 0.1) is 18.8 Å². The largest absolute Gasteiger partial charge is 0.394 e. The molecule has 1 aliphatic rings. The highest BCUT2D eigenvalue weighted by molar-refractivity contribution is 5.27. The zero-order chi connectivity index (χ0) is 13.9. The van der Waals surface area contributed by atoms with Crippen molar-refractivity contribution in [1.29, 1.82) is 0 Å². The van der Waals surface area contributed by atoms with E-state index >= 15 is 0 Å².